The summed E-state index contributed by atoms with van der Waals surface area (Å²) in [6, 6.07) is 5.96. The van der Waals surface area contributed by atoms with Gasteiger partial charge in [0.15, 0.2) is 11.5 Å². The first-order chi connectivity index (χ1) is 12.4. The predicted octanol–water partition coefficient (Wildman–Crippen LogP) is 4.24. The van der Waals surface area contributed by atoms with E-state index in [2.05, 4.69) is 16.6 Å². The van der Waals surface area contributed by atoms with Gasteiger partial charge in [-0.25, -0.2) is 0 Å². The van der Waals surface area contributed by atoms with Crippen LogP contribution in [0.2, 0.25) is 0 Å². The highest BCUT2D eigenvalue weighted by Crippen LogP contribution is 2.30. The van der Waals surface area contributed by atoms with Gasteiger partial charge in [0.2, 0.25) is 0 Å². The number of hydrogen-bond acceptors (Lipinski definition) is 4. The molecule has 1 N–H and O–H groups in total. The molecule has 7 heteroatoms. The molecule has 146 valence electrons. The summed E-state index contributed by atoms with van der Waals surface area (Å²) in [4.78, 5) is 0. The minimum Gasteiger partial charge on any atom is -0.486 e. The molecule has 2 rings (SSSR count). The number of rotatable bonds is 11. The summed E-state index contributed by atoms with van der Waals surface area (Å²) in [6.07, 6.45) is -0.261. The molecule has 0 aliphatic carbocycles. The Hall–Kier alpha value is -1.89. The van der Waals surface area contributed by atoms with E-state index in [4.69, 9.17) is 9.47 Å². The Morgan fingerprint density at radius 1 is 1.12 bits per heavy atom. The maximum absolute atomic E-state index is 11.9. The molecule has 0 radical (unpaired) electrons. The molecule has 4 nitrogen and oxygen atoms in total. The predicted molar refractivity (Wildman–Crippen MR) is 93.6 cm³/mol. The zero-order chi connectivity index (χ0) is 18.8. The molecular formula is C19H26F3NO3. The summed E-state index contributed by atoms with van der Waals surface area (Å²) in [5.74, 6) is 1.58. The monoisotopic (exact) mass is 373 g/mol. The Balaban J connectivity index is 1.51. The summed E-state index contributed by atoms with van der Waals surface area (Å²) in [7, 11) is 0. The summed E-state index contributed by atoms with van der Waals surface area (Å²) < 4.78 is 51.4. The van der Waals surface area contributed by atoms with Crippen molar-refractivity contribution in [1.29, 1.82) is 0 Å². The largest absolute Gasteiger partial charge is 0.486 e. The maximum Gasteiger partial charge on any atom is 0.411 e. The Morgan fingerprint density at radius 2 is 1.88 bits per heavy atom. The molecule has 1 aromatic rings. The van der Waals surface area contributed by atoms with Gasteiger partial charge in [-0.15, -0.1) is 0 Å². The minimum absolute atomic E-state index is 0.142. The highest BCUT2D eigenvalue weighted by atomic mass is 19.4. The van der Waals surface area contributed by atoms with E-state index in [0.717, 1.165) is 55.0 Å². The van der Waals surface area contributed by atoms with Crippen LogP contribution in [0.3, 0.4) is 0 Å². The molecule has 0 spiro atoms. The van der Waals surface area contributed by atoms with E-state index < -0.39 is 12.8 Å². The third kappa shape index (κ3) is 7.99. The van der Waals surface area contributed by atoms with Crippen LogP contribution in [0.4, 0.5) is 13.2 Å². The minimum atomic E-state index is -4.24. The molecule has 0 saturated carbocycles. The van der Waals surface area contributed by atoms with Crippen LogP contribution in [0.5, 0.6) is 11.5 Å². The quantitative estimate of drug-likeness (QED) is 0.589. The van der Waals surface area contributed by atoms with Crippen molar-refractivity contribution >= 4 is 0 Å². The van der Waals surface area contributed by atoms with Gasteiger partial charge in [-0.2, -0.15) is 13.2 Å². The normalized spacial score (nSPS) is 13.5. The van der Waals surface area contributed by atoms with Crippen LogP contribution in [0.1, 0.15) is 31.2 Å². The fraction of sp³-hybridized carbons (Fsp3) is 0.579. The Morgan fingerprint density at radius 3 is 2.65 bits per heavy atom. The molecule has 26 heavy (non-hydrogen) atoms. The van der Waals surface area contributed by atoms with Crippen molar-refractivity contribution in [3.05, 3.63) is 36.0 Å². The number of ether oxygens (including phenoxy) is 3. The molecule has 1 aliphatic heterocycles. The number of nitrogens with one attached hydrogen (secondary N) is 1. The number of allylic oxidation sites excluding steroid dienone is 1. The fourth-order valence-electron chi connectivity index (χ4n) is 2.62. The lowest BCUT2D eigenvalue weighted by Gasteiger charge is -2.19. The number of benzene rings is 1. The molecule has 0 saturated heterocycles. The van der Waals surface area contributed by atoms with E-state index in [0.29, 0.717) is 19.6 Å². The lowest BCUT2D eigenvalue weighted by molar-refractivity contribution is -0.174. The van der Waals surface area contributed by atoms with Gasteiger partial charge in [0.1, 0.15) is 19.8 Å². The molecule has 0 atom stereocenters. The van der Waals surface area contributed by atoms with Gasteiger partial charge in [-0.1, -0.05) is 19.1 Å². The zero-order valence-corrected chi connectivity index (χ0v) is 14.9. The van der Waals surface area contributed by atoms with E-state index in [1.54, 1.807) is 0 Å². The Labute approximate surface area is 152 Å². The second-order valence-electron chi connectivity index (χ2n) is 6.24. The summed E-state index contributed by atoms with van der Waals surface area (Å²) in [5.41, 5.74) is 2.11. The molecule has 0 amide bonds. The molecule has 1 aliphatic rings. The van der Waals surface area contributed by atoms with Crippen molar-refractivity contribution in [1.82, 2.24) is 5.32 Å². The van der Waals surface area contributed by atoms with E-state index in [1.807, 2.05) is 18.2 Å². The first-order valence-corrected chi connectivity index (χ1v) is 8.89. The first kappa shape index (κ1) is 20.4. The highest BCUT2D eigenvalue weighted by molar-refractivity contribution is 5.43. The third-order valence-corrected chi connectivity index (χ3v) is 3.93. The van der Waals surface area contributed by atoms with Gasteiger partial charge in [-0.3, -0.25) is 0 Å². The highest BCUT2D eigenvalue weighted by Gasteiger charge is 2.27. The van der Waals surface area contributed by atoms with Gasteiger partial charge in [-0.05, 0) is 43.4 Å². The zero-order valence-electron chi connectivity index (χ0n) is 14.9. The van der Waals surface area contributed by atoms with Crippen molar-refractivity contribution < 1.29 is 27.4 Å². The van der Waals surface area contributed by atoms with Crippen LogP contribution in [0.15, 0.2) is 30.5 Å². The molecule has 1 aromatic carbocycles. The Kier molecular flexibility index (Phi) is 8.09. The van der Waals surface area contributed by atoms with Crippen molar-refractivity contribution in [3.8, 4) is 11.5 Å². The van der Waals surface area contributed by atoms with Gasteiger partial charge >= 0.3 is 6.18 Å². The number of halogens is 3. The number of unbranched alkanes of at least 4 members (excludes halogenated alkanes) is 2. The summed E-state index contributed by atoms with van der Waals surface area (Å²) in [5, 5.41) is 3.29. The van der Waals surface area contributed by atoms with E-state index in [1.165, 1.54) is 0 Å². The van der Waals surface area contributed by atoms with E-state index >= 15 is 0 Å². The number of fused-ring (bicyclic) bond motifs is 1. The van der Waals surface area contributed by atoms with Crippen LogP contribution >= 0.6 is 0 Å². The second kappa shape index (κ2) is 10.3. The molecule has 0 aromatic heterocycles. The SMILES string of the molecule is C=C(CCCCCOCC(F)(F)F)NCCc1ccc2c(c1)OCCO2. The van der Waals surface area contributed by atoms with Gasteiger partial charge < -0.3 is 19.5 Å². The standard InChI is InChI=1S/C19H26F3NO3/c1-15(5-3-2-4-10-24-14-19(20,21)22)23-9-8-16-6-7-17-18(13-16)26-12-11-25-17/h6-7,13,23H,1-5,8-12,14H2. The summed E-state index contributed by atoms with van der Waals surface area (Å²) in [6.45, 7) is 4.90. The average molecular weight is 373 g/mol. The lowest BCUT2D eigenvalue weighted by atomic mass is 10.1. The van der Waals surface area contributed by atoms with Crippen molar-refractivity contribution in [2.75, 3.05) is 33.0 Å². The molecular weight excluding hydrogens is 347 g/mol. The van der Waals surface area contributed by atoms with Crippen LogP contribution in [0, 0.1) is 0 Å². The topological polar surface area (TPSA) is 39.7 Å². The number of hydrogen-bond donors (Lipinski definition) is 1. The van der Waals surface area contributed by atoms with Crippen molar-refractivity contribution in [2.45, 2.75) is 38.3 Å². The maximum atomic E-state index is 11.9. The molecule has 0 fully saturated rings. The molecule has 1 heterocycles. The fourth-order valence-corrected chi connectivity index (χ4v) is 2.62. The van der Waals surface area contributed by atoms with E-state index in [-0.39, 0.29) is 6.61 Å². The van der Waals surface area contributed by atoms with Crippen LogP contribution < -0.4 is 14.8 Å². The van der Waals surface area contributed by atoms with Crippen LogP contribution in [-0.4, -0.2) is 39.1 Å². The molecule has 0 unspecified atom stereocenters. The molecule has 0 bridgehead atoms. The van der Waals surface area contributed by atoms with Gasteiger partial charge in [0.05, 0.1) is 0 Å². The first-order valence-electron chi connectivity index (χ1n) is 8.89. The second-order valence-corrected chi connectivity index (χ2v) is 6.24. The smallest absolute Gasteiger partial charge is 0.411 e. The van der Waals surface area contributed by atoms with Gasteiger partial charge in [0, 0.05) is 18.8 Å². The average Bonchev–Trinajstić information content (AvgIpc) is 2.60. The summed E-state index contributed by atoms with van der Waals surface area (Å²) >= 11 is 0. The third-order valence-electron chi connectivity index (χ3n) is 3.93. The van der Waals surface area contributed by atoms with Gasteiger partial charge in [0.25, 0.3) is 0 Å². The van der Waals surface area contributed by atoms with Crippen LogP contribution in [0.25, 0.3) is 0 Å². The van der Waals surface area contributed by atoms with E-state index in [9.17, 15) is 13.2 Å². The van der Waals surface area contributed by atoms with Crippen LogP contribution in [-0.2, 0) is 11.2 Å². The Bertz CT molecular complexity index is 576. The lowest BCUT2D eigenvalue weighted by Crippen LogP contribution is -2.18. The van der Waals surface area contributed by atoms with Crippen molar-refractivity contribution in [2.24, 2.45) is 0 Å². The van der Waals surface area contributed by atoms with Crippen molar-refractivity contribution in [3.63, 3.8) is 0 Å². The number of alkyl halides is 3.